The highest BCUT2D eigenvalue weighted by molar-refractivity contribution is 5.92. The zero-order chi connectivity index (χ0) is 7.78. The van der Waals surface area contributed by atoms with Gasteiger partial charge in [-0.1, -0.05) is 12.7 Å². The first-order valence-electron chi connectivity index (χ1n) is 3.23. The minimum absolute atomic E-state index is 0.0139. The van der Waals surface area contributed by atoms with Crippen LogP contribution in [-0.2, 0) is 4.79 Å². The van der Waals surface area contributed by atoms with Gasteiger partial charge in [0.25, 0.3) is 5.91 Å². The van der Waals surface area contributed by atoms with Gasteiger partial charge >= 0.3 is 0 Å². The van der Waals surface area contributed by atoms with E-state index in [9.17, 15) is 4.79 Å². The molecular formula is C8H11NO. The fourth-order valence-electron chi connectivity index (χ4n) is 1.05. The zero-order valence-corrected chi connectivity index (χ0v) is 6.29. The first-order chi connectivity index (χ1) is 4.58. The van der Waals surface area contributed by atoms with Crippen LogP contribution in [0.1, 0.15) is 13.8 Å². The normalized spacial score (nSPS) is 21.8. The fraction of sp³-hybridized carbons (Fsp3) is 0.375. The number of carbonyl (C=O) groups is 1. The lowest BCUT2D eigenvalue weighted by Gasteiger charge is -2.27. The molecule has 0 aromatic heterocycles. The van der Waals surface area contributed by atoms with Crippen molar-refractivity contribution in [3.05, 3.63) is 24.9 Å². The Morgan fingerprint density at radius 2 is 2.30 bits per heavy atom. The van der Waals surface area contributed by atoms with Gasteiger partial charge in [0, 0.05) is 12.3 Å². The Labute approximate surface area is 60.8 Å². The summed E-state index contributed by atoms with van der Waals surface area (Å²) in [5.74, 6) is 0.0139. The maximum Gasteiger partial charge on any atom is 0.251 e. The van der Waals surface area contributed by atoms with Gasteiger partial charge in [-0.25, -0.2) is 0 Å². The van der Waals surface area contributed by atoms with E-state index in [1.807, 2.05) is 19.9 Å². The molecule has 1 amide bonds. The SMILES string of the molecule is C=CN1C(=O)C=CC1(C)C. The molecule has 0 saturated heterocycles. The van der Waals surface area contributed by atoms with E-state index in [0.717, 1.165) is 0 Å². The molecule has 0 bridgehead atoms. The molecular weight excluding hydrogens is 126 g/mol. The van der Waals surface area contributed by atoms with Crippen LogP contribution < -0.4 is 0 Å². The summed E-state index contributed by atoms with van der Waals surface area (Å²) in [6, 6.07) is 0. The molecule has 2 heteroatoms. The molecule has 0 unspecified atom stereocenters. The van der Waals surface area contributed by atoms with Gasteiger partial charge in [-0.2, -0.15) is 0 Å². The maximum absolute atomic E-state index is 11.0. The minimum atomic E-state index is -0.182. The molecule has 0 radical (unpaired) electrons. The Kier molecular flexibility index (Phi) is 1.39. The summed E-state index contributed by atoms with van der Waals surface area (Å²) >= 11 is 0. The summed E-state index contributed by atoms with van der Waals surface area (Å²) < 4.78 is 0. The molecule has 0 fully saturated rings. The number of amides is 1. The third-order valence-electron chi connectivity index (χ3n) is 1.67. The van der Waals surface area contributed by atoms with E-state index in [0.29, 0.717) is 0 Å². The maximum atomic E-state index is 11.0. The standard InChI is InChI=1S/C8H11NO/c1-4-9-7(10)5-6-8(9,2)3/h4-6H,1H2,2-3H3. The molecule has 0 atom stereocenters. The van der Waals surface area contributed by atoms with Crippen LogP contribution >= 0.6 is 0 Å². The molecule has 0 N–H and O–H groups in total. The quantitative estimate of drug-likeness (QED) is 0.533. The second-order valence-electron chi connectivity index (χ2n) is 2.88. The molecule has 1 rings (SSSR count). The summed E-state index contributed by atoms with van der Waals surface area (Å²) in [6.07, 6.45) is 5.00. The predicted octanol–water partition coefficient (Wildman–Crippen LogP) is 1.31. The van der Waals surface area contributed by atoms with Crippen LogP contribution in [0.2, 0.25) is 0 Å². The van der Waals surface area contributed by atoms with E-state index in [1.54, 1.807) is 17.2 Å². The van der Waals surface area contributed by atoms with Gasteiger partial charge in [0.15, 0.2) is 0 Å². The van der Waals surface area contributed by atoms with E-state index >= 15 is 0 Å². The van der Waals surface area contributed by atoms with Gasteiger partial charge in [0.1, 0.15) is 0 Å². The molecule has 10 heavy (non-hydrogen) atoms. The summed E-state index contributed by atoms with van der Waals surface area (Å²) in [5.41, 5.74) is -0.182. The van der Waals surface area contributed by atoms with E-state index in [1.165, 1.54) is 0 Å². The zero-order valence-electron chi connectivity index (χ0n) is 6.29. The molecule has 0 spiro atoms. The molecule has 54 valence electrons. The van der Waals surface area contributed by atoms with Crippen molar-refractivity contribution in [2.45, 2.75) is 19.4 Å². The van der Waals surface area contributed by atoms with Crippen molar-refractivity contribution in [3.63, 3.8) is 0 Å². The molecule has 0 aliphatic carbocycles. The van der Waals surface area contributed by atoms with Gasteiger partial charge < -0.3 is 4.90 Å². The summed E-state index contributed by atoms with van der Waals surface area (Å²) in [6.45, 7) is 7.49. The van der Waals surface area contributed by atoms with Crippen LogP contribution in [0.15, 0.2) is 24.9 Å². The number of rotatable bonds is 1. The van der Waals surface area contributed by atoms with Crippen molar-refractivity contribution >= 4 is 5.91 Å². The fourth-order valence-corrected chi connectivity index (χ4v) is 1.05. The van der Waals surface area contributed by atoms with E-state index in [4.69, 9.17) is 0 Å². The number of carbonyl (C=O) groups excluding carboxylic acids is 1. The molecule has 1 heterocycles. The summed E-state index contributed by atoms with van der Waals surface area (Å²) in [4.78, 5) is 12.6. The first-order valence-corrected chi connectivity index (χ1v) is 3.23. The molecule has 2 nitrogen and oxygen atoms in total. The highest BCUT2D eigenvalue weighted by Crippen LogP contribution is 2.22. The highest BCUT2D eigenvalue weighted by atomic mass is 16.2. The third-order valence-corrected chi connectivity index (χ3v) is 1.67. The van der Waals surface area contributed by atoms with Gasteiger partial charge in [0.2, 0.25) is 0 Å². The van der Waals surface area contributed by atoms with Crippen molar-refractivity contribution < 1.29 is 4.79 Å². The number of nitrogens with zero attached hydrogens (tertiary/aromatic N) is 1. The van der Waals surface area contributed by atoms with E-state index < -0.39 is 0 Å². The predicted molar refractivity (Wildman–Crippen MR) is 40.3 cm³/mol. The number of hydrogen-bond donors (Lipinski definition) is 0. The molecule has 0 saturated carbocycles. The molecule has 0 aromatic rings. The van der Waals surface area contributed by atoms with Gasteiger partial charge in [-0.15, -0.1) is 0 Å². The van der Waals surface area contributed by atoms with Crippen molar-refractivity contribution in [1.29, 1.82) is 0 Å². The average molecular weight is 137 g/mol. The Bertz CT molecular complexity index is 203. The average Bonchev–Trinajstić information content (AvgIpc) is 2.07. The van der Waals surface area contributed by atoms with Crippen molar-refractivity contribution in [2.24, 2.45) is 0 Å². The monoisotopic (exact) mass is 137 g/mol. The largest absolute Gasteiger partial charge is 0.307 e. The Hall–Kier alpha value is -1.05. The number of hydrogen-bond acceptors (Lipinski definition) is 1. The Balaban J connectivity index is 2.92. The molecule has 0 aromatic carbocycles. The second kappa shape index (κ2) is 1.97. The topological polar surface area (TPSA) is 20.3 Å². The van der Waals surface area contributed by atoms with Crippen LogP contribution in [0.25, 0.3) is 0 Å². The van der Waals surface area contributed by atoms with Crippen LogP contribution in [0.5, 0.6) is 0 Å². The highest BCUT2D eigenvalue weighted by Gasteiger charge is 2.30. The van der Waals surface area contributed by atoms with E-state index in [2.05, 4.69) is 6.58 Å². The smallest absolute Gasteiger partial charge is 0.251 e. The lowest BCUT2D eigenvalue weighted by Crippen LogP contribution is -2.36. The van der Waals surface area contributed by atoms with Gasteiger partial charge in [-0.05, 0) is 13.8 Å². The van der Waals surface area contributed by atoms with Crippen molar-refractivity contribution in [2.75, 3.05) is 0 Å². The van der Waals surface area contributed by atoms with Gasteiger partial charge in [-0.3, -0.25) is 4.79 Å². The van der Waals surface area contributed by atoms with Crippen LogP contribution in [0.4, 0.5) is 0 Å². The van der Waals surface area contributed by atoms with Crippen LogP contribution in [0.3, 0.4) is 0 Å². The lowest BCUT2D eigenvalue weighted by molar-refractivity contribution is -0.124. The van der Waals surface area contributed by atoms with Crippen molar-refractivity contribution in [3.8, 4) is 0 Å². The van der Waals surface area contributed by atoms with E-state index in [-0.39, 0.29) is 11.4 Å². The molecule has 1 aliphatic rings. The first kappa shape index (κ1) is 7.06. The Morgan fingerprint density at radius 1 is 1.70 bits per heavy atom. The van der Waals surface area contributed by atoms with Crippen molar-refractivity contribution in [1.82, 2.24) is 4.90 Å². The third kappa shape index (κ3) is 0.856. The Morgan fingerprint density at radius 3 is 2.50 bits per heavy atom. The summed E-state index contributed by atoms with van der Waals surface area (Å²) in [5, 5.41) is 0. The van der Waals surface area contributed by atoms with Gasteiger partial charge in [0.05, 0.1) is 5.54 Å². The lowest BCUT2D eigenvalue weighted by atomic mass is 10.1. The minimum Gasteiger partial charge on any atom is -0.307 e. The van der Waals surface area contributed by atoms with Crippen LogP contribution in [0, 0.1) is 0 Å². The summed E-state index contributed by atoms with van der Waals surface area (Å²) in [7, 11) is 0. The second-order valence-corrected chi connectivity index (χ2v) is 2.88. The van der Waals surface area contributed by atoms with Crippen LogP contribution in [-0.4, -0.2) is 16.3 Å². The molecule has 1 aliphatic heterocycles.